The van der Waals surface area contributed by atoms with Crippen LogP contribution in [0.4, 0.5) is 0 Å². The molecule has 0 saturated heterocycles. The second kappa shape index (κ2) is 7.67. The number of hydrogen-bond donors (Lipinski definition) is 2. The van der Waals surface area contributed by atoms with Crippen LogP contribution in [0.15, 0.2) is 42.5 Å². The van der Waals surface area contributed by atoms with Crippen molar-refractivity contribution in [1.29, 1.82) is 0 Å². The van der Waals surface area contributed by atoms with Gasteiger partial charge in [0.05, 0.1) is 7.11 Å². The first kappa shape index (κ1) is 15.4. The molecular formula is C17H21NO3. The number of rotatable bonds is 7. The standard InChI is InChI=1S/C17H21NO3/c1-20-17-7-4-14(11-18)10-15(17)12-21-16-5-2-13(3-6-16)8-9-19/h2-7,10,19H,8-9,11-12,18H2,1H3. The van der Waals surface area contributed by atoms with Crippen molar-refractivity contribution in [1.82, 2.24) is 0 Å². The van der Waals surface area contributed by atoms with Crippen molar-refractivity contribution in [2.24, 2.45) is 5.73 Å². The van der Waals surface area contributed by atoms with E-state index >= 15 is 0 Å². The first-order valence-electron chi connectivity index (χ1n) is 6.95. The summed E-state index contributed by atoms with van der Waals surface area (Å²) >= 11 is 0. The highest BCUT2D eigenvalue weighted by Crippen LogP contribution is 2.22. The van der Waals surface area contributed by atoms with Gasteiger partial charge in [-0.2, -0.15) is 0 Å². The molecule has 0 aliphatic rings. The molecule has 0 amide bonds. The van der Waals surface area contributed by atoms with Gasteiger partial charge >= 0.3 is 0 Å². The first-order chi connectivity index (χ1) is 10.3. The van der Waals surface area contributed by atoms with E-state index in [2.05, 4.69) is 0 Å². The normalized spacial score (nSPS) is 10.4. The van der Waals surface area contributed by atoms with Gasteiger partial charge in [-0.3, -0.25) is 0 Å². The Bertz CT molecular complexity index is 567. The molecule has 0 unspecified atom stereocenters. The van der Waals surface area contributed by atoms with Crippen LogP contribution in [0.1, 0.15) is 16.7 Å². The zero-order valence-electron chi connectivity index (χ0n) is 12.2. The molecule has 0 aliphatic heterocycles. The molecule has 0 heterocycles. The summed E-state index contributed by atoms with van der Waals surface area (Å²) in [6.45, 7) is 1.08. The average molecular weight is 287 g/mol. The molecule has 0 radical (unpaired) electrons. The van der Waals surface area contributed by atoms with Gasteiger partial charge in [-0.15, -0.1) is 0 Å². The second-order valence-corrected chi connectivity index (χ2v) is 4.76. The lowest BCUT2D eigenvalue weighted by molar-refractivity contribution is 0.294. The molecule has 0 aliphatic carbocycles. The van der Waals surface area contributed by atoms with E-state index in [1.165, 1.54) is 0 Å². The first-order valence-corrected chi connectivity index (χ1v) is 6.95. The van der Waals surface area contributed by atoms with Crippen LogP contribution < -0.4 is 15.2 Å². The number of aliphatic hydroxyl groups excluding tert-OH is 1. The summed E-state index contributed by atoms with van der Waals surface area (Å²) in [5.74, 6) is 1.58. The Labute approximate surface area is 125 Å². The minimum absolute atomic E-state index is 0.156. The molecule has 4 heteroatoms. The number of aliphatic hydroxyl groups is 1. The van der Waals surface area contributed by atoms with Gasteiger partial charge in [-0.05, 0) is 41.8 Å². The Morgan fingerprint density at radius 2 is 1.76 bits per heavy atom. The second-order valence-electron chi connectivity index (χ2n) is 4.76. The highest BCUT2D eigenvalue weighted by Gasteiger charge is 2.05. The molecule has 0 bridgehead atoms. The van der Waals surface area contributed by atoms with E-state index in [0.29, 0.717) is 19.6 Å². The van der Waals surface area contributed by atoms with E-state index in [4.69, 9.17) is 20.3 Å². The number of nitrogens with two attached hydrogens (primary N) is 1. The third-order valence-electron chi connectivity index (χ3n) is 3.30. The smallest absolute Gasteiger partial charge is 0.125 e. The van der Waals surface area contributed by atoms with Gasteiger partial charge < -0.3 is 20.3 Å². The predicted molar refractivity (Wildman–Crippen MR) is 82.4 cm³/mol. The monoisotopic (exact) mass is 287 g/mol. The molecule has 4 nitrogen and oxygen atoms in total. The van der Waals surface area contributed by atoms with E-state index in [0.717, 1.165) is 28.2 Å². The fraction of sp³-hybridized carbons (Fsp3) is 0.294. The highest BCUT2D eigenvalue weighted by molar-refractivity contribution is 5.37. The molecule has 2 aromatic rings. The molecule has 0 fully saturated rings. The minimum atomic E-state index is 0.156. The van der Waals surface area contributed by atoms with Crippen LogP contribution >= 0.6 is 0 Å². The Balaban J connectivity index is 2.04. The van der Waals surface area contributed by atoms with E-state index in [1.807, 2.05) is 42.5 Å². The van der Waals surface area contributed by atoms with Crippen molar-refractivity contribution < 1.29 is 14.6 Å². The van der Waals surface area contributed by atoms with Gasteiger partial charge in [-0.1, -0.05) is 18.2 Å². The number of hydrogen-bond acceptors (Lipinski definition) is 4. The summed E-state index contributed by atoms with van der Waals surface area (Å²) < 4.78 is 11.1. The molecule has 2 aromatic carbocycles. The molecule has 112 valence electrons. The number of ether oxygens (including phenoxy) is 2. The molecule has 2 rings (SSSR count). The number of benzene rings is 2. The largest absolute Gasteiger partial charge is 0.496 e. The van der Waals surface area contributed by atoms with Crippen LogP contribution in [-0.4, -0.2) is 18.8 Å². The Morgan fingerprint density at radius 1 is 1.05 bits per heavy atom. The number of methoxy groups -OCH3 is 1. The Morgan fingerprint density at radius 3 is 2.38 bits per heavy atom. The zero-order valence-corrected chi connectivity index (χ0v) is 12.2. The van der Waals surface area contributed by atoms with Gasteiger partial charge in [0.15, 0.2) is 0 Å². The van der Waals surface area contributed by atoms with E-state index < -0.39 is 0 Å². The fourth-order valence-corrected chi connectivity index (χ4v) is 2.11. The van der Waals surface area contributed by atoms with E-state index in [-0.39, 0.29) is 6.61 Å². The van der Waals surface area contributed by atoms with Crippen molar-refractivity contribution in [2.75, 3.05) is 13.7 Å². The molecule has 3 N–H and O–H groups in total. The van der Waals surface area contributed by atoms with Crippen LogP contribution in [0.3, 0.4) is 0 Å². The lowest BCUT2D eigenvalue weighted by Crippen LogP contribution is -2.02. The maximum absolute atomic E-state index is 8.89. The van der Waals surface area contributed by atoms with E-state index in [1.54, 1.807) is 7.11 Å². The molecular weight excluding hydrogens is 266 g/mol. The summed E-state index contributed by atoms with van der Waals surface area (Å²) in [7, 11) is 1.64. The van der Waals surface area contributed by atoms with Crippen LogP contribution in [0.25, 0.3) is 0 Å². The zero-order chi connectivity index (χ0) is 15.1. The minimum Gasteiger partial charge on any atom is -0.496 e. The summed E-state index contributed by atoms with van der Waals surface area (Å²) in [6.07, 6.45) is 0.659. The summed E-state index contributed by atoms with van der Waals surface area (Å²) in [5.41, 5.74) is 8.77. The van der Waals surface area contributed by atoms with Crippen LogP contribution in [0, 0.1) is 0 Å². The predicted octanol–water partition coefficient (Wildman–Crippen LogP) is 2.27. The van der Waals surface area contributed by atoms with Gasteiger partial charge in [0, 0.05) is 18.7 Å². The van der Waals surface area contributed by atoms with Crippen molar-refractivity contribution in [2.45, 2.75) is 19.6 Å². The SMILES string of the molecule is COc1ccc(CN)cc1COc1ccc(CCO)cc1. The lowest BCUT2D eigenvalue weighted by atomic mass is 10.1. The van der Waals surface area contributed by atoms with E-state index in [9.17, 15) is 0 Å². The molecule has 0 saturated carbocycles. The van der Waals surface area contributed by atoms with Crippen molar-refractivity contribution in [3.8, 4) is 11.5 Å². The van der Waals surface area contributed by atoms with Crippen LogP contribution in [-0.2, 0) is 19.6 Å². The summed E-state index contributed by atoms with van der Waals surface area (Å²) in [5, 5.41) is 8.89. The van der Waals surface area contributed by atoms with Gasteiger partial charge in [0.25, 0.3) is 0 Å². The fourth-order valence-electron chi connectivity index (χ4n) is 2.11. The van der Waals surface area contributed by atoms with Crippen LogP contribution in [0.2, 0.25) is 0 Å². The average Bonchev–Trinajstić information content (AvgIpc) is 2.54. The van der Waals surface area contributed by atoms with Crippen molar-refractivity contribution in [3.05, 3.63) is 59.2 Å². The summed E-state index contributed by atoms with van der Waals surface area (Å²) in [6, 6.07) is 13.6. The molecule has 0 atom stereocenters. The molecule has 0 spiro atoms. The maximum Gasteiger partial charge on any atom is 0.125 e. The highest BCUT2D eigenvalue weighted by atomic mass is 16.5. The van der Waals surface area contributed by atoms with Crippen molar-refractivity contribution in [3.63, 3.8) is 0 Å². The van der Waals surface area contributed by atoms with Crippen LogP contribution in [0.5, 0.6) is 11.5 Å². The topological polar surface area (TPSA) is 64.7 Å². The lowest BCUT2D eigenvalue weighted by Gasteiger charge is -2.12. The Hall–Kier alpha value is -2.04. The maximum atomic E-state index is 8.89. The third-order valence-corrected chi connectivity index (χ3v) is 3.30. The van der Waals surface area contributed by atoms with Gasteiger partial charge in [-0.25, -0.2) is 0 Å². The quantitative estimate of drug-likeness (QED) is 0.820. The third kappa shape index (κ3) is 4.21. The molecule has 21 heavy (non-hydrogen) atoms. The van der Waals surface area contributed by atoms with Gasteiger partial charge in [0.2, 0.25) is 0 Å². The molecule has 0 aromatic heterocycles. The van der Waals surface area contributed by atoms with Crippen molar-refractivity contribution >= 4 is 0 Å². The Kier molecular flexibility index (Phi) is 5.60. The van der Waals surface area contributed by atoms with Gasteiger partial charge in [0.1, 0.15) is 18.1 Å². The summed E-state index contributed by atoms with van der Waals surface area (Å²) in [4.78, 5) is 0.